The van der Waals surface area contributed by atoms with Crippen molar-refractivity contribution in [1.82, 2.24) is 4.90 Å². The maximum atomic E-state index is 5.96. The SMILES string of the molecule is Cc1ccc(C(CN)N(C)C2CCOC2)cc1Br. The fourth-order valence-electron chi connectivity index (χ4n) is 2.45. The molecule has 1 aliphatic heterocycles. The fraction of sp³-hybridized carbons (Fsp3) is 0.571. The summed E-state index contributed by atoms with van der Waals surface area (Å²) in [6.07, 6.45) is 1.10. The predicted molar refractivity (Wildman–Crippen MR) is 77.7 cm³/mol. The quantitative estimate of drug-likeness (QED) is 0.928. The molecule has 0 bridgehead atoms. The molecule has 2 rings (SSSR count). The highest BCUT2D eigenvalue weighted by molar-refractivity contribution is 9.10. The zero-order valence-electron chi connectivity index (χ0n) is 11.0. The van der Waals surface area contributed by atoms with E-state index in [4.69, 9.17) is 10.5 Å². The molecule has 1 aromatic carbocycles. The Morgan fingerprint density at radius 1 is 1.56 bits per heavy atom. The molecule has 2 atom stereocenters. The van der Waals surface area contributed by atoms with Gasteiger partial charge in [-0.15, -0.1) is 0 Å². The number of nitrogens with two attached hydrogens (primary N) is 1. The number of likely N-dealkylation sites (N-methyl/N-ethyl adjacent to an activating group) is 1. The van der Waals surface area contributed by atoms with Crippen molar-refractivity contribution in [3.63, 3.8) is 0 Å². The largest absolute Gasteiger partial charge is 0.380 e. The summed E-state index contributed by atoms with van der Waals surface area (Å²) >= 11 is 3.59. The molecule has 1 aromatic rings. The van der Waals surface area contributed by atoms with E-state index in [2.05, 4.69) is 53.0 Å². The van der Waals surface area contributed by atoms with Gasteiger partial charge in [0.2, 0.25) is 0 Å². The number of aryl methyl sites for hydroxylation is 1. The van der Waals surface area contributed by atoms with Crippen molar-refractivity contribution in [3.8, 4) is 0 Å². The van der Waals surface area contributed by atoms with E-state index in [1.807, 2.05) is 0 Å². The first kappa shape index (κ1) is 14.0. The normalized spacial score (nSPS) is 21.5. The third kappa shape index (κ3) is 2.94. The molecule has 1 saturated heterocycles. The van der Waals surface area contributed by atoms with E-state index in [0.29, 0.717) is 12.6 Å². The van der Waals surface area contributed by atoms with Gasteiger partial charge in [0.05, 0.1) is 6.61 Å². The molecule has 2 unspecified atom stereocenters. The predicted octanol–water partition coefficient (Wildman–Crippen LogP) is 2.48. The summed E-state index contributed by atoms with van der Waals surface area (Å²) in [4.78, 5) is 2.35. The highest BCUT2D eigenvalue weighted by Crippen LogP contribution is 2.27. The van der Waals surface area contributed by atoms with Crippen LogP contribution in [0.2, 0.25) is 0 Å². The first-order valence-corrected chi connectivity index (χ1v) is 7.18. The minimum absolute atomic E-state index is 0.258. The first-order valence-electron chi connectivity index (χ1n) is 6.39. The number of nitrogens with zero attached hydrogens (tertiary/aromatic N) is 1. The lowest BCUT2D eigenvalue weighted by atomic mass is 10.0. The highest BCUT2D eigenvalue weighted by Gasteiger charge is 2.26. The summed E-state index contributed by atoms with van der Waals surface area (Å²) < 4.78 is 6.61. The lowest BCUT2D eigenvalue weighted by Gasteiger charge is -2.32. The monoisotopic (exact) mass is 312 g/mol. The Kier molecular flexibility index (Phi) is 4.78. The minimum atomic E-state index is 0.258. The van der Waals surface area contributed by atoms with E-state index in [-0.39, 0.29) is 6.04 Å². The molecule has 100 valence electrons. The molecule has 0 amide bonds. The Morgan fingerprint density at radius 3 is 2.89 bits per heavy atom. The van der Waals surface area contributed by atoms with Gasteiger partial charge < -0.3 is 10.5 Å². The van der Waals surface area contributed by atoms with Crippen molar-refractivity contribution in [2.45, 2.75) is 25.4 Å². The Morgan fingerprint density at radius 2 is 2.33 bits per heavy atom. The fourth-order valence-corrected chi connectivity index (χ4v) is 2.85. The molecule has 1 aliphatic rings. The van der Waals surface area contributed by atoms with Gasteiger partial charge in [0, 0.05) is 29.7 Å². The molecule has 0 aliphatic carbocycles. The molecular weight excluding hydrogens is 292 g/mol. The summed E-state index contributed by atoms with van der Waals surface area (Å²) in [6, 6.07) is 7.23. The van der Waals surface area contributed by atoms with Crippen LogP contribution in [-0.4, -0.2) is 37.7 Å². The second kappa shape index (κ2) is 6.15. The Bertz CT molecular complexity index is 405. The topological polar surface area (TPSA) is 38.5 Å². The number of hydrogen-bond donors (Lipinski definition) is 1. The number of halogens is 1. The minimum Gasteiger partial charge on any atom is -0.380 e. The van der Waals surface area contributed by atoms with Crippen LogP contribution >= 0.6 is 15.9 Å². The average Bonchev–Trinajstić information content (AvgIpc) is 2.88. The van der Waals surface area contributed by atoms with Crippen LogP contribution in [0, 0.1) is 6.92 Å². The van der Waals surface area contributed by atoms with E-state index >= 15 is 0 Å². The maximum absolute atomic E-state index is 5.96. The van der Waals surface area contributed by atoms with Crippen LogP contribution in [0.3, 0.4) is 0 Å². The molecule has 1 heterocycles. The van der Waals surface area contributed by atoms with Gasteiger partial charge in [0.15, 0.2) is 0 Å². The van der Waals surface area contributed by atoms with E-state index < -0.39 is 0 Å². The molecule has 0 saturated carbocycles. The summed E-state index contributed by atoms with van der Waals surface area (Å²) in [5.41, 5.74) is 8.48. The van der Waals surface area contributed by atoms with Crippen LogP contribution in [0.4, 0.5) is 0 Å². The number of ether oxygens (including phenoxy) is 1. The van der Waals surface area contributed by atoms with Gasteiger partial charge in [-0.2, -0.15) is 0 Å². The average molecular weight is 313 g/mol. The molecule has 0 spiro atoms. The van der Waals surface area contributed by atoms with Gasteiger partial charge in [0.25, 0.3) is 0 Å². The van der Waals surface area contributed by atoms with Gasteiger partial charge >= 0.3 is 0 Å². The van der Waals surface area contributed by atoms with Crippen LogP contribution in [-0.2, 0) is 4.74 Å². The van der Waals surface area contributed by atoms with Crippen LogP contribution in [0.5, 0.6) is 0 Å². The second-order valence-corrected chi connectivity index (χ2v) is 5.80. The number of benzene rings is 1. The lowest BCUT2D eigenvalue weighted by molar-refractivity contribution is 0.134. The molecule has 3 nitrogen and oxygen atoms in total. The van der Waals surface area contributed by atoms with Crippen molar-refractivity contribution in [2.75, 3.05) is 26.8 Å². The third-order valence-corrected chi connectivity index (χ3v) is 4.63. The van der Waals surface area contributed by atoms with Crippen LogP contribution in [0.1, 0.15) is 23.6 Å². The number of hydrogen-bond acceptors (Lipinski definition) is 3. The summed E-state index contributed by atoms with van der Waals surface area (Å²) in [5.74, 6) is 0. The van der Waals surface area contributed by atoms with Gasteiger partial charge in [0.1, 0.15) is 0 Å². The van der Waals surface area contributed by atoms with Gasteiger partial charge in [-0.3, -0.25) is 4.90 Å². The summed E-state index contributed by atoms with van der Waals surface area (Å²) in [7, 11) is 2.14. The molecule has 0 aromatic heterocycles. The highest BCUT2D eigenvalue weighted by atomic mass is 79.9. The van der Waals surface area contributed by atoms with Crippen LogP contribution < -0.4 is 5.73 Å². The molecule has 18 heavy (non-hydrogen) atoms. The zero-order chi connectivity index (χ0) is 13.1. The van der Waals surface area contributed by atoms with E-state index in [9.17, 15) is 0 Å². The Labute approximate surface area is 117 Å². The van der Waals surface area contributed by atoms with Gasteiger partial charge in [-0.05, 0) is 37.6 Å². The second-order valence-electron chi connectivity index (χ2n) is 4.94. The molecular formula is C14H21BrN2O. The molecule has 1 fully saturated rings. The summed E-state index contributed by atoms with van der Waals surface area (Å²) in [6.45, 7) is 4.41. The van der Waals surface area contributed by atoms with Crippen molar-refractivity contribution in [1.29, 1.82) is 0 Å². The molecule has 2 N–H and O–H groups in total. The standard InChI is InChI=1S/C14H21BrN2O/c1-10-3-4-11(7-13(10)15)14(8-16)17(2)12-5-6-18-9-12/h3-4,7,12,14H,5-6,8-9,16H2,1-2H3. The van der Waals surface area contributed by atoms with E-state index in [1.54, 1.807) is 0 Å². The van der Waals surface area contributed by atoms with Crippen molar-refractivity contribution >= 4 is 15.9 Å². The Balaban J connectivity index is 2.18. The van der Waals surface area contributed by atoms with Crippen LogP contribution in [0.25, 0.3) is 0 Å². The van der Waals surface area contributed by atoms with E-state index in [0.717, 1.165) is 24.1 Å². The molecule has 0 radical (unpaired) electrons. The third-order valence-electron chi connectivity index (χ3n) is 3.78. The van der Waals surface area contributed by atoms with Crippen LogP contribution in [0.15, 0.2) is 22.7 Å². The van der Waals surface area contributed by atoms with Gasteiger partial charge in [-0.1, -0.05) is 28.1 Å². The molecule has 4 heteroatoms. The Hall–Kier alpha value is -0.420. The number of rotatable bonds is 4. The lowest BCUT2D eigenvalue weighted by Crippen LogP contribution is -2.38. The van der Waals surface area contributed by atoms with Gasteiger partial charge in [-0.25, -0.2) is 0 Å². The van der Waals surface area contributed by atoms with E-state index in [1.165, 1.54) is 11.1 Å². The zero-order valence-corrected chi connectivity index (χ0v) is 12.6. The van der Waals surface area contributed by atoms with Crippen molar-refractivity contribution < 1.29 is 4.74 Å². The first-order chi connectivity index (χ1) is 8.63. The van der Waals surface area contributed by atoms with Crippen molar-refractivity contribution in [2.24, 2.45) is 5.73 Å². The van der Waals surface area contributed by atoms with Crippen molar-refractivity contribution in [3.05, 3.63) is 33.8 Å². The smallest absolute Gasteiger partial charge is 0.0622 e. The maximum Gasteiger partial charge on any atom is 0.0622 e. The summed E-state index contributed by atoms with van der Waals surface area (Å²) in [5, 5.41) is 0.